The quantitative estimate of drug-likeness (QED) is 0.654. The van der Waals surface area contributed by atoms with Crippen molar-refractivity contribution in [2.75, 3.05) is 19.6 Å². The second kappa shape index (κ2) is 9.48. The fraction of sp³-hybridized carbons (Fsp3) is 0.235. The fourth-order valence-corrected chi connectivity index (χ4v) is 2.21. The molecule has 1 heterocycles. The molecule has 3 N–H and O–H groups in total. The van der Waals surface area contributed by atoms with Crippen LogP contribution in [-0.2, 0) is 16.0 Å². The van der Waals surface area contributed by atoms with Crippen molar-refractivity contribution in [3.8, 4) is 0 Å². The molecule has 7 nitrogen and oxygen atoms in total. The van der Waals surface area contributed by atoms with Crippen molar-refractivity contribution >= 4 is 29.3 Å². The molecular weight excluding hydrogens is 346 g/mol. The average molecular weight is 364 g/mol. The summed E-state index contributed by atoms with van der Waals surface area (Å²) in [5, 5.41) is 8.15. The van der Waals surface area contributed by atoms with Gasteiger partial charge in [0.2, 0.25) is 11.8 Å². The largest absolute Gasteiger partial charge is 0.459 e. The molecule has 0 fully saturated rings. The SMILES string of the molecule is O=C(CNC(=O)CNC(=O)c1ccco1)NCCc1cccc(Cl)c1. The fourth-order valence-electron chi connectivity index (χ4n) is 2.00. The van der Waals surface area contributed by atoms with Crippen molar-refractivity contribution in [3.63, 3.8) is 0 Å². The molecule has 0 aliphatic heterocycles. The normalized spacial score (nSPS) is 10.1. The number of carbonyl (C=O) groups excluding carboxylic acids is 3. The zero-order valence-corrected chi connectivity index (χ0v) is 14.1. The monoisotopic (exact) mass is 363 g/mol. The third-order valence-corrected chi connectivity index (χ3v) is 3.46. The Hall–Kier alpha value is -2.80. The van der Waals surface area contributed by atoms with E-state index in [0.29, 0.717) is 18.0 Å². The summed E-state index contributed by atoms with van der Waals surface area (Å²) in [6.45, 7) is 0.0323. The number of halogens is 1. The maximum absolute atomic E-state index is 11.7. The molecule has 1 aromatic heterocycles. The maximum atomic E-state index is 11.7. The molecule has 0 atom stereocenters. The first kappa shape index (κ1) is 18.5. The Kier molecular flexibility index (Phi) is 7.03. The zero-order chi connectivity index (χ0) is 18.1. The van der Waals surface area contributed by atoms with Crippen LogP contribution in [0, 0.1) is 0 Å². The predicted octanol–water partition coefficient (Wildman–Crippen LogP) is 1.14. The van der Waals surface area contributed by atoms with E-state index in [4.69, 9.17) is 16.0 Å². The molecule has 0 aliphatic rings. The van der Waals surface area contributed by atoms with Crippen LogP contribution in [0.4, 0.5) is 0 Å². The van der Waals surface area contributed by atoms with E-state index in [1.165, 1.54) is 12.3 Å². The molecule has 0 aliphatic carbocycles. The van der Waals surface area contributed by atoms with Gasteiger partial charge in [0.1, 0.15) is 0 Å². The number of benzene rings is 1. The molecule has 2 rings (SSSR count). The number of hydrogen-bond acceptors (Lipinski definition) is 4. The average Bonchev–Trinajstić information content (AvgIpc) is 3.12. The highest BCUT2D eigenvalue weighted by Crippen LogP contribution is 2.10. The Balaban J connectivity index is 1.59. The second-order valence-electron chi connectivity index (χ2n) is 5.17. The number of amides is 3. The third kappa shape index (κ3) is 6.68. The lowest BCUT2D eigenvalue weighted by Crippen LogP contribution is -2.42. The predicted molar refractivity (Wildman–Crippen MR) is 92.2 cm³/mol. The van der Waals surface area contributed by atoms with Crippen molar-refractivity contribution in [1.82, 2.24) is 16.0 Å². The van der Waals surface area contributed by atoms with Crippen LogP contribution in [0.5, 0.6) is 0 Å². The van der Waals surface area contributed by atoms with Crippen molar-refractivity contribution < 1.29 is 18.8 Å². The van der Waals surface area contributed by atoms with Crippen LogP contribution in [0.2, 0.25) is 5.02 Å². The second-order valence-corrected chi connectivity index (χ2v) is 5.60. The van der Waals surface area contributed by atoms with Crippen molar-refractivity contribution in [1.29, 1.82) is 0 Å². The van der Waals surface area contributed by atoms with Crippen LogP contribution in [0.15, 0.2) is 47.1 Å². The highest BCUT2D eigenvalue weighted by Gasteiger charge is 2.10. The van der Waals surface area contributed by atoms with Crippen molar-refractivity contribution in [2.24, 2.45) is 0 Å². The van der Waals surface area contributed by atoms with Gasteiger partial charge >= 0.3 is 0 Å². The minimum Gasteiger partial charge on any atom is -0.459 e. The molecule has 0 unspecified atom stereocenters. The van der Waals surface area contributed by atoms with E-state index >= 15 is 0 Å². The molecule has 0 spiro atoms. The summed E-state index contributed by atoms with van der Waals surface area (Å²) < 4.78 is 4.90. The molecule has 3 amide bonds. The Bertz CT molecular complexity index is 731. The minimum atomic E-state index is -0.494. The first-order chi connectivity index (χ1) is 12.0. The van der Waals surface area contributed by atoms with Crippen molar-refractivity contribution in [2.45, 2.75) is 6.42 Å². The van der Waals surface area contributed by atoms with E-state index in [1.807, 2.05) is 18.2 Å². The van der Waals surface area contributed by atoms with Gasteiger partial charge in [-0.3, -0.25) is 14.4 Å². The van der Waals surface area contributed by atoms with Gasteiger partial charge in [0.25, 0.3) is 5.91 Å². The summed E-state index contributed by atoms with van der Waals surface area (Å²) in [5.41, 5.74) is 1.01. The van der Waals surface area contributed by atoms with Crippen molar-refractivity contribution in [3.05, 3.63) is 59.0 Å². The van der Waals surface area contributed by atoms with E-state index in [1.54, 1.807) is 12.1 Å². The van der Waals surface area contributed by atoms with Crippen LogP contribution < -0.4 is 16.0 Å². The minimum absolute atomic E-state index is 0.117. The Morgan fingerprint density at radius 2 is 1.72 bits per heavy atom. The van der Waals surface area contributed by atoms with Gasteiger partial charge in [-0.05, 0) is 36.2 Å². The standard InChI is InChI=1S/C17H18ClN3O4/c18-13-4-1-3-12(9-13)6-7-19-15(22)10-20-16(23)11-21-17(24)14-5-2-8-25-14/h1-5,8-9H,6-7,10-11H2,(H,19,22)(H,20,23)(H,21,24). The Morgan fingerprint density at radius 3 is 2.44 bits per heavy atom. The van der Waals surface area contributed by atoms with Crippen LogP contribution in [0.3, 0.4) is 0 Å². The van der Waals surface area contributed by atoms with Gasteiger partial charge in [0.15, 0.2) is 5.76 Å². The van der Waals surface area contributed by atoms with Crippen LogP contribution in [-0.4, -0.2) is 37.4 Å². The van der Waals surface area contributed by atoms with E-state index < -0.39 is 11.8 Å². The molecular formula is C17H18ClN3O4. The van der Waals surface area contributed by atoms with Crippen LogP contribution in [0.1, 0.15) is 16.1 Å². The van der Waals surface area contributed by atoms with Gasteiger partial charge in [-0.1, -0.05) is 23.7 Å². The maximum Gasteiger partial charge on any atom is 0.287 e. The number of furan rings is 1. The molecule has 1 aromatic carbocycles. The summed E-state index contributed by atoms with van der Waals surface area (Å²) in [5.74, 6) is -1.16. The van der Waals surface area contributed by atoms with Crippen LogP contribution >= 0.6 is 11.6 Å². The number of hydrogen-bond donors (Lipinski definition) is 3. The number of rotatable bonds is 8. The van der Waals surface area contributed by atoms with E-state index in [-0.39, 0.29) is 24.8 Å². The lowest BCUT2D eigenvalue weighted by atomic mass is 10.1. The highest BCUT2D eigenvalue weighted by molar-refractivity contribution is 6.30. The van der Waals surface area contributed by atoms with Gasteiger partial charge in [-0.2, -0.15) is 0 Å². The molecule has 0 bridgehead atoms. The topological polar surface area (TPSA) is 100 Å². The Labute approximate surface area is 149 Å². The lowest BCUT2D eigenvalue weighted by molar-refractivity contribution is -0.125. The molecule has 0 saturated heterocycles. The first-order valence-electron chi connectivity index (χ1n) is 7.64. The lowest BCUT2D eigenvalue weighted by Gasteiger charge is -2.08. The summed E-state index contributed by atoms with van der Waals surface area (Å²) in [6, 6.07) is 10.4. The highest BCUT2D eigenvalue weighted by atomic mass is 35.5. The molecule has 0 radical (unpaired) electrons. The number of nitrogens with one attached hydrogen (secondary N) is 3. The third-order valence-electron chi connectivity index (χ3n) is 3.23. The zero-order valence-electron chi connectivity index (χ0n) is 13.4. The first-order valence-corrected chi connectivity index (χ1v) is 8.02. The molecule has 8 heteroatoms. The molecule has 0 saturated carbocycles. The van der Waals surface area contributed by atoms with E-state index in [0.717, 1.165) is 5.56 Å². The van der Waals surface area contributed by atoms with E-state index in [9.17, 15) is 14.4 Å². The number of carbonyl (C=O) groups is 3. The summed E-state index contributed by atoms with van der Waals surface area (Å²) in [6.07, 6.45) is 2.00. The smallest absolute Gasteiger partial charge is 0.287 e. The van der Waals surface area contributed by atoms with Gasteiger partial charge in [-0.25, -0.2) is 0 Å². The van der Waals surface area contributed by atoms with Gasteiger partial charge in [0, 0.05) is 11.6 Å². The molecule has 132 valence electrons. The van der Waals surface area contributed by atoms with Crippen LogP contribution in [0.25, 0.3) is 0 Å². The van der Waals surface area contributed by atoms with Gasteiger partial charge < -0.3 is 20.4 Å². The molecule has 25 heavy (non-hydrogen) atoms. The summed E-state index contributed by atoms with van der Waals surface area (Å²) >= 11 is 5.88. The summed E-state index contributed by atoms with van der Waals surface area (Å²) in [7, 11) is 0. The molecule has 2 aromatic rings. The van der Waals surface area contributed by atoms with Gasteiger partial charge in [-0.15, -0.1) is 0 Å². The summed E-state index contributed by atoms with van der Waals surface area (Å²) in [4.78, 5) is 34.9. The van der Waals surface area contributed by atoms with Gasteiger partial charge in [0.05, 0.1) is 19.4 Å². The Morgan fingerprint density at radius 1 is 0.960 bits per heavy atom. The van der Waals surface area contributed by atoms with E-state index in [2.05, 4.69) is 16.0 Å².